The largest absolute Gasteiger partial charge is 0.489 e. The summed E-state index contributed by atoms with van der Waals surface area (Å²) in [6.07, 6.45) is 2.25. The van der Waals surface area contributed by atoms with Crippen molar-refractivity contribution < 1.29 is 4.74 Å². The van der Waals surface area contributed by atoms with Crippen LogP contribution in [0.4, 0.5) is 0 Å². The molecule has 0 amide bonds. The van der Waals surface area contributed by atoms with Crippen LogP contribution in [0.15, 0.2) is 18.2 Å². The van der Waals surface area contributed by atoms with Crippen molar-refractivity contribution in [1.82, 2.24) is 5.32 Å². The number of aryl methyl sites for hydroxylation is 1. The van der Waals surface area contributed by atoms with Gasteiger partial charge in [-0.3, -0.25) is 0 Å². The van der Waals surface area contributed by atoms with Crippen molar-refractivity contribution in [3.8, 4) is 5.75 Å². The molecule has 1 aromatic carbocycles. The molecule has 17 heavy (non-hydrogen) atoms. The second-order valence-corrected chi connectivity index (χ2v) is 4.65. The third-order valence-electron chi connectivity index (χ3n) is 2.59. The lowest BCUT2D eigenvalue weighted by Crippen LogP contribution is -2.29. The van der Waals surface area contributed by atoms with Gasteiger partial charge in [0, 0.05) is 11.6 Å². The van der Waals surface area contributed by atoms with Crippen molar-refractivity contribution in [1.29, 1.82) is 0 Å². The van der Waals surface area contributed by atoms with E-state index < -0.39 is 0 Å². The molecule has 3 heteroatoms. The zero-order valence-corrected chi connectivity index (χ0v) is 11.7. The van der Waals surface area contributed by atoms with Crippen LogP contribution < -0.4 is 10.1 Å². The smallest absolute Gasteiger partial charge is 0.120 e. The van der Waals surface area contributed by atoms with Gasteiger partial charge in [0.1, 0.15) is 11.9 Å². The molecular weight excluding hydrogens is 234 g/mol. The Bertz CT molecular complexity index is 341. The fraction of sp³-hybridized carbons (Fsp3) is 0.571. The van der Waals surface area contributed by atoms with Gasteiger partial charge in [0.2, 0.25) is 0 Å². The van der Waals surface area contributed by atoms with E-state index in [0.717, 1.165) is 42.3 Å². The SMILES string of the molecule is CCCNCC(C)Oc1ccc(Cl)c(CC)c1. The maximum Gasteiger partial charge on any atom is 0.120 e. The quantitative estimate of drug-likeness (QED) is 0.751. The molecule has 1 N–H and O–H groups in total. The number of rotatable bonds is 7. The topological polar surface area (TPSA) is 21.3 Å². The van der Waals surface area contributed by atoms with Crippen LogP contribution in [0.25, 0.3) is 0 Å². The van der Waals surface area contributed by atoms with Crippen molar-refractivity contribution in [3.63, 3.8) is 0 Å². The van der Waals surface area contributed by atoms with Crippen LogP contribution in [0.5, 0.6) is 5.75 Å². The van der Waals surface area contributed by atoms with Crippen LogP contribution in [0, 0.1) is 0 Å². The summed E-state index contributed by atoms with van der Waals surface area (Å²) in [6, 6.07) is 5.86. The third kappa shape index (κ3) is 4.97. The number of halogens is 1. The van der Waals surface area contributed by atoms with Crippen LogP contribution in [-0.2, 0) is 6.42 Å². The molecule has 0 aromatic heterocycles. The monoisotopic (exact) mass is 255 g/mol. The molecule has 96 valence electrons. The van der Waals surface area contributed by atoms with Crippen molar-refractivity contribution in [2.24, 2.45) is 0 Å². The van der Waals surface area contributed by atoms with Crippen LogP contribution in [0.1, 0.15) is 32.8 Å². The average Bonchev–Trinajstić information content (AvgIpc) is 2.32. The van der Waals surface area contributed by atoms with E-state index >= 15 is 0 Å². The Hall–Kier alpha value is -0.730. The summed E-state index contributed by atoms with van der Waals surface area (Å²) in [5.41, 5.74) is 1.14. The van der Waals surface area contributed by atoms with E-state index in [4.69, 9.17) is 16.3 Å². The highest BCUT2D eigenvalue weighted by Crippen LogP contribution is 2.23. The summed E-state index contributed by atoms with van der Waals surface area (Å²) in [5.74, 6) is 0.900. The number of benzene rings is 1. The lowest BCUT2D eigenvalue weighted by Gasteiger charge is -2.16. The van der Waals surface area contributed by atoms with Crippen molar-refractivity contribution in [2.45, 2.75) is 39.7 Å². The standard InChI is InChI=1S/C14H22ClNO/c1-4-8-16-10-11(3)17-13-6-7-14(15)12(5-2)9-13/h6-7,9,11,16H,4-5,8,10H2,1-3H3. The Kier molecular flexibility index (Phi) is 6.38. The first-order chi connectivity index (χ1) is 8.17. The van der Waals surface area contributed by atoms with Crippen molar-refractivity contribution in [2.75, 3.05) is 13.1 Å². The Labute approximate surface area is 109 Å². The fourth-order valence-corrected chi connectivity index (χ4v) is 1.90. The second-order valence-electron chi connectivity index (χ2n) is 4.24. The van der Waals surface area contributed by atoms with Gasteiger partial charge in [-0.15, -0.1) is 0 Å². The second kappa shape index (κ2) is 7.57. The maximum absolute atomic E-state index is 6.07. The van der Waals surface area contributed by atoms with Gasteiger partial charge in [-0.05, 0) is 50.1 Å². The summed E-state index contributed by atoms with van der Waals surface area (Å²) in [6.45, 7) is 8.23. The summed E-state index contributed by atoms with van der Waals surface area (Å²) >= 11 is 6.07. The molecule has 1 rings (SSSR count). The molecule has 1 aromatic rings. The van der Waals surface area contributed by atoms with Gasteiger partial charge in [-0.1, -0.05) is 25.4 Å². The lowest BCUT2D eigenvalue weighted by molar-refractivity contribution is 0.217. The predicted octanol–water partition coefficient (Wildman–Crippen LogP) is 3.67. The summed E-state index contributed by atoms with van der Waals surface area (Å²) < 4.78 is 5.84. The summed E-state index contributed by atoms with van der Waals surface area (Å²) in [5, 5.41) is 4.16. The van der Waals surface area contributed by atoms with Crippen LogP contribution >= 0.6 is 11.6 Å². The van der Waals surface area contributed by atoms with Gasteiger partial charge in [0.05, 0.1) is 0 Å². The third-order valence-corrected chi connectivity index (χ3v) is 2.96. The predicted molar refractivity (Wildman–Crippen MR) is 74.1 cm³/mol. The molecule has 0 aliphatic heterocycles. The Morgan fingerprint density at radius 2 is 2.12 bits per heavy atom. The van der Waals surface area contributed by atoms with Crippen LogP contribution in [0.3, 0.4) is 0 Å². The molecule has 0 radical (unpaired) electrons. The van der Waals surface area contributed by atoms with Crippen LogP contribution in [-0.4, -0.2) is 19.2 Å². The molecule has 0 saturated heterocycles. The highest BCUT2D eigenvalue weighted by molar-refractivity contribution is 6.31. The van der Waals surface area contributed by atoms with E-state index in [-0.39, 0.29) is 6.10 Å². The molecular formula is C14H22ClNO. The zero-order chi connectivity index (χ0) is 12.7. The fourth-order valence-electron chi connectivity index (χ4n) is 1.65. The average molecular weight is 256 g/mol. The maximum atomic E-state index is 6.07. The van der Waals surface area contributed by atoms with Crippen molar-refractivity contribution in [3.05, 3.63) is 28.8 Å². The van der Waals surface area contributed by atoms with E-state index in [1.165, 1.54) is 0 Å². The molecule has 0 bridgehead atoms. The van der Waals surface area contributed by atoms with E-state index in [0.29, 0.717) is 0 Å². The molecule has 0 heterocycles. The minimum atomic E-state index is 0.174. The zero-order valence-electron chi connectivity index (χ0n) is 10.9. The lowest BCUT2D eigenvalue weighted by atomic mass is 10.1. The first-order valence-electron chi connectivity index (χ1n) is 6.33. The Balaban J connectivity index is 2.50. The molecule has 0 spiro atoms. The van der Waals surface area contributed by atoms with Crippen LogP contribution in [0.2, 0.25) is 5.02 Å². The number of nitrogens with one attached hydrogen (secondary N) is 1. The number of hydrogen-bond acceptors (Lipinski definition) is 2. The Morgan fingerprint density at radius 1 is 1.35 bits per heavy atom. The number of ether oxygens (including phenoxy) is 1. The van der Waals surface area contributed by atoms with Gasteiger partial charge in [0.15, 0.2) is 0 Å². The Morgan fingerprint density at radius 3 is 2.76 bits per heavy atom. The van der Waals surface area contributed by atoms with Gasteiger partial charge >= 0.3 is 0 Å². The first kappa shape index (κ1) is 14.3. The molecule has 0 aliphatic carbocycles. The van der Waals surface area contributed by atoms with E-state index in [1.807, 2.05) is 18.2 Å². The molecule has 0 fully saturated rings. The first-order valence-corrected chi connectivity index (χ1v) is 6.71. The minimum Gasteiger partial charge on any atom is -0.489 e. The van der Waals surface area contributed by atoms with E-state index in [1.54, 1.807) is 0 Å². The normalized spacial score (nSPS) is 12.5. The molecule has 2 nitrogen and oxygen atoms in total. The van der Waals surface area contributed by atoms with E-state index in [2.05, 4.69) is 26.1 Å². The van der Waals surface area contributed by atoms with Gasteiger partial charge in [-0.25, -0.2) is 0 Å². The van der Waals surface area contributed by atoms with Crippen molar-refractivity contribution >= 4 is 11.6 Å². The number of hydrogen-bond donors (Lipinski definition) is 1. The molecule has 1 atom stereocenters. The molecule has 1 unspecified atom stereocenters. The summed E-state index contributed by atoms with van der Waals surface area (Å²) in [4.78, 5) is 0. The van der Waals surface area contributed by atoms with Gasteiger partial charge in [-0.2, -0.15) is 0 Å². The van der Waals surface area contributed by atoms with Gasteiger partial charge in [0.25, 0.3) is 0 Å². The highest BCUT2D eigenvalue weighted by Gasteiger charge is 2.05. The molecule has 0 aliphatic rings. The summed E-state index contributed by atoms with van der Waals surface area (Å²) in [7, 11) is 0. The van der Waals surface area contributed by atoms with Gasteiger partial charge < -0.3 is 10.1 Å². The highest BCUT2D eigenvalue weighted by atomic mass is 35.5. The van der Waals surface area contributed by atoms with E-state index in [9.17, 15) is 0 Å². The molecule has 0 saturated carbocycles. The minimum absolute atomic E-state index is 0.174.